The highest BCUT2D eigenvalue weighted by Crippen LogP contribution is 2.44. The van der Waals surface area contributed by atoms with E-state index in [4.69, 9.17) is 4.74 Å². The summed E-state index contributed by atoms with van der Waals surface area (Å²) in [6.07, 6.45) is 0.759. The van der Waals surface area contributed by atoms with E-state index in [0.717, 1.165) is 5.56 Å². The molecule has 0 heterocycles. The number of hydrogen-bond acceptors (Lipinski definition) is 3. The topological polar surface area (TPSA) is 49.8 Å². The van der Waals surface area contributed by atoms with E-state index in [2.05, 4.69) is 26.0 Å². The monoisotopic (exact) mass is 319 g/mol. The molecule has 2 rings (SSSR count). The quantitative estimate of drug-likeness (QED) is 0.915. The van der Waals surface area contributed by atoms with Gasteiger partial charge in [-0.25, -0.2) is 4.79 Å². The molecule has 0 bridgehead atoms. The van der Waals surface area contributed by atoms with Gasteiger partial charge < -0.3 is 14.7 Å². The molecule has 23 heavy (non-hydrogen) atoms. The zero-order chi connectivity index (χ0) is 17.4. The zero-order valence-electron chi connectivity index (χ0n) is 15.1. The summed E-state index contributed by atoms with van der Waals surface area (Å²) in [6.45, 7) is 9.85. The van der Waals surface area contributed by atoms with E-state index < -0.39 is 11.2 Å². The van der Waals surface area contributed by atoms with E-state index >= 15 is 0 Å². The fourth-order valence-electron chi connectivity index (χ4n) is 2.90. The Hall–Kier alpha value is -1.55. The lowest BCUT2D eigenvalue weighted by Crippen LogP contribution is -2.54. The largest absolute Gasteiger partial charge is 0.444 e. The van der Waals surface area contributed by atoms with E-state index in [-0.39, 0.29) is 12.1 Å². The van der Waals surface area contributed by atoms with Crippen molar-refractivity contribution in [3.8, 4) is 0 Å². The second-order valence-corrected chi connectivity index (χ2v) is 7.97. The summed E-state index contributed by atoms with van der Waals surface area (Å²) in [5.41, 5.74) is 0.820. The number of amides is 1. The summed E-state index contributed by atoms with van der Waals surface area (Å²) in [4.78, 5) is 13.7. The number of carbonyl (C=O) groups is 1. The minimum atomic E-state index is -0.841. The van der Waals surface area contributed by atoms with E-state index in [1.54, 1.807) is 11.9 Å². The van der Waals surface area contributed by atoms with Crippen LogP contribution in [0.3, 0.4) is 0 Å². The maximum atomic E-state index is 12.1. The number of carbonyl (C=O) groups excluding carboxylic acids is 1. The van der Waals surface area contributed by atoms with Gasteiger partial charge in [-0.2, -0.15) is 0 Å². The number of benzene rings is 1. The standard InChI is InChI=1S/C19H29NO3/c1-13(2)14-8-7-9-15(10-14)19(22)11-16(12-19)20(6)17(21)23-18(3,4)5/h7-10,13,16,22H,11-12H2,1-6H3. The summed E-state index contributed by atoms with van der Waals surface area (Å²) in [5, 5.41) is 10.8. The van der Waals surface area contributed by atoms with Gasteiger partial charge in [-0.3, -0.25) is 0 Å². The van der Waals surface area contributed by atoms with Crippen LogP contribution in [0.4, 0.5) is 4.79 Å². The highest BCUT2D eigenvalue weighted by molar-refractivity contribution is 5.68. The van der Waals surface area contributed by atoms with Gasteiger partial charge in [0, 0.05) is 25.9 Å². The second kappa shape index (κ2) is 6.16. The molecule has 1 amide bonds. The van der Waals surface area contributed by atoms with Gasteiger partial charge in [-0.1, -0.05) is 38.1 Å². The van der Waals surface area contributed by atoms with Crippen LogP contribution >= 0.6 is 0 Å². The molecule has 0 atom stereocenters. The predicted molar refractivity (Wildman–Crippen MR) is 91.4 cm³/mol. The number of aliphatic hydroxyl groups is 1. The summed E-state index contributed by atoms with van der Waals surface area (Å²) >= 11 is 0. The molecule has 1 saturated carbocycles. The Morgan fingerprint density at radius 3 is 2.48 bits per heavy atom. The van der Waals surface area contributed by atoms with Gasteiger partial charge in [0.1, 0.15) is 5.60 Å². The van der Waals surface area contributed by atoms with E-state index in [1.807, 2.05) is 32.9 Å². The molecule has 0 spiro atoms. The lowest BCUT2D eigenvalue weighted by molar-refractivity contribution is -0.0927. The van der Waals surface area contributed by atoms with Crippen LogP contribution in [0.15, 0.2) is 24.3 Å². The maximum Gasteiger partial charge on any atom is 0.410 e. The highest BCUT2D eigenvalue weighted by atomic mass is 16.6. The first-order valence-electron chi connectivity index (χ1n) is 8.30. The van der Waals surface area contributed by atoms with E-state index in [0.29, 0.717) is 18.8 Å². The SMILES string of the molecule is CC(C)c1cccc(C2(O)CC(N(C)C(=O)OC(C)(C)C)C2)c1. The molecule has 1 N–H and O–H groups in total. The molecule has 0 aliphatic heterocycles. The Morgan fingerprint density at radius 2 is 1.96 bits per heavy atom. The molecule has 0 aromatic heterocycles. The molecule has 1 aromatic rings. The zero-order valence-corrected chi connectivity index (χ0v) is 15.1. The first-order valence-corrected chi connectivity index (χ1v) is 8.30. The number of ether oxygens (including phenoxy) is 1. The first kappa shape index (κ1) is 17.8. The van der Waals surface area contributed by atoms with E-state index in [9.17, 15) is 9.90 Å². The van der Waals surface area contributed by atoms with Crippen LogP contribution in [0, 0.1) is 0 Å². The average Bonchev–Trinajstić information content (AvgIpc) is 2.41. The van der Waals surface area contributed by atoms with Crippen LogP contribution in [0.2, 0.25) is 0 Å². The number of rotatable bonds is 3. The molecular formula is C19H29NO3. The molecular weight excluding hydrogens is 290 g/mol. The Kier molecular flexibility index (Phi) is 4.76. The second-order valence-electron chi connectivity index (χ2n) is 7.97. The van der Waals surface area contributed by atoms with Crippen LogP contribution < -0.4 is 0 Å². The molecule has 0 unspecified atom stereocenters. The van der Waals surface area contributed by atoms with Crippen molar-refractivity contribution in [1.82, 2.24) is 4.90 Å². The normalized spacial score (nSPS) is 24.3. The van der Waals surface area contributed by atoms with Gasteiger partial charge in [0.05, 0.1) is 5.60 Å². The van der Waals surface area contributed by atoms with Gasteiger partial charge in [0.25, 0.3) is 0 Å². The fourth-order valence-corrected chi connectivity index (χ4v) is 2.90. The third-order valence-corrected chi connectivity index (χ3v) is 4.47. The lowest BCUT2D eigenvalue weighted by atomic mass is 9.70. The predicted octanol–water partition coefficient (Wildman–Crippen LogP) is 4.03. The summed E-state index contributed by atoms with van der Waals surface area (Å²) < 4.78 is 5.39. The van der Waals surface area contributed by atoms with Crippen LogP contribution in [0.1, 0.15) is 64.5 Å². The molecule has 1 aliphatic carbocycles. The molecule has 4 nitrogen and oxygen atoms in total. The van der Waals surface area contributed by atoms with Crippen molar-refractivity contribution in [3.05, 3.63) is 35.4 Å². The first-order chi connectivity index (χ1) is 10.5. The van der Waals surface area contributed by atoms with Crippen molar-refractivity contribution in [2.75, 3.05) is 7.05 Å². The van der Waals surface area contributed by atoms with Gasteiger partial charge in [0.2, 0.25) is 0 Å². The smallest absolute Gasteiger partial charge is 0.410 e. The van der Waals surface area contributed by atoms with Crippen LogP contribution in [0.25, 0.3) is 0 Å². The Balaban J connectivity index is 2.02. The number of nitrogens with zero attached hydrogens (tertiary/aromatic N) is 1. The summed E-state index contributed by atoms with van der Waals surface area (Å²) in [6, 6.07) is 8.13. The maximum absolute atomic E-state index is 12.1. The fraction of sp³-hybridized carbons (Fsp3) is 0.632. The van der Waals surface area contributed by atoms with Gasteiger partial charge in [0.15, 0.2) is 0 Å². The highest BCUT2D eigenvalue weighted by Gasteiger charge is 2.47. The van der Waals surface area contributed by atoms with Crippen LogP contribution in [-0.4, -0.2) is 34.8 Å². The lowest BCUT2D eigenvalue weighted by Gasteiger charge is -2.47. The third kappa shape index (κ3) is 4.05. The third-order valence-electron chi connectivity index (χ3n) is 4.47. The van der Waals surface area contributed by atoms with E-state index in [1.165, 1.54) is 5.56 Å². The van der Waals surface area contributed by atoms with Crippen molar-refractivity contribution >= 4 is 6.09 Å². The minimum absolute atomic E-state index is 0.0116. The summed E-state index contributed by atoms with van der Waals surface area (Å²) in [5.74, 6) is 0.430. The molecule has 1 fully saturated rings. The Labute approximate surface area is 139 Å². The Bertz CT molecular complexity index is 568. The van der Waals surface area contributed by atoms with Crippen molar-refractivity contribution in [1.29, 1.82) is 0 Å². The minimum Gasteiger partial charge on any atom is -0.444 e. The van der Waals surface area contributed by atoms with Crippen molar-refractivity contribution in [3.63, 3.8) is 0 Å². The van der Waals surface area contributed by atoms with Crippen molar-refractivity contribution < 1.29 is 14.6 Å². The molecule has 1 aromatic carbocycles. The van der Waals surface area contributed by atoms with Crippen LogP contribution in [-0.2, 0) is 10.3 Å². The van der Waals surface area contributed by atoms with Crippen molar-refractivity contribution in [2.45, 2.75) is 70.6 Å². The molecule has 0 radical (unpaired) electrons. The molecule has 0 saturated heterocycles. The van der Waals surface area contributed by atoms with Gasteiger partial charge in [-0.05, 0) is 37.8 Å². The van der Waals surface area contributed by atoms with Crippen LogP contribution in [0.5, 0.6) is 0 Å². The molecule has 1 aliphatic rings. The summed E-state index contributed by atoms with van der Waals surface area (Å²) in [7, 11) is 1.74. The molecule has 128 valence electrons. The van der Waals surface area contributed by atoms with Crippen molar-refractivity contribution in [2.24, 2.45) is 0 Å². The Morgan fingerprint density at radius 1 is 1.35 bits per heavy atom. The molecule has 4 heteroatoms. The van der Waals surface area contributed by atoms with Gasteiger partial charge in [-0.15, -0.1) is 0 Å². The van der Waals surface area contributed by atoms with Gasteiger partial charge >= 0.3 is 6.09 Å². The average molecular weight is 319 g/mol. The number of hydrogen-bond donors (Lipinski definition) is 1.